The third-order valence-electron chi connectivity index (χ3n) is 0.915. The summed E-state index contributed by atoms with van der Waals surface area (Å²) in [7, 11) is 0. The number of aromatic nitrogens is 1. The van der Waals surface area contributed by atoms with E-state index in [1.807, 2.05) is 0 Å². The van der Waals surface area contributed by atoms with E-state index in [4.69, 9.17) is 8.22 Å². The molecule has 1 rings (SSSR count). The third kappa shape index (κ3) is 1.97. The number of hydrogen-bond donors (Lipinski definition) is 0. The molecule has 0 atom stereocenters. The van der Waals surface area contributed by atoms with Crippen molar-refractivity contribution in [2.24, 2.45) is 5.10 Å². The number of pyridine rings is 1. The van der Waals surface area contributed by atoms with Gasteiger partial charge in [-0.3, -0.25) is 0 Å². The molecule has 2 nitrogen and oxygen atoms in total. The highest BCUT2D eigenvalue weighted by Gasteiger charge is 1.90. The van der Waals surface area contributed by atoms with Crippen LogP contribution in [0.15, 0.2) is 35.7 Å². The highest BCUT2D eigenvalue weighted by Crippen LogP contribution is 1.76. The minimum Gasteiger partial charge on any atom is -0.0597 e. The molecule has 0 fully saturated rings. The summed E-state index contributed by atoms with van der Waals surface area (Å²) in [4.78, 5) is 0. The van der Waals surface area contributed by atoms with E-state index in [0.29, 0.717) is 0 Å². The molecule has 10 heavy (non-hydrogen) atoms. The minimum atomic E-state index is -2.73. The highest BCUT2D eigenvalue weighted by atomic mass is 15.3. The Bertz CT molecular complexity index is 362. The SMILES string of the molecule is [2H]C([2H])([2H])C(=N[n+]1ccccc1)C([2H])([2H])[2H]. The van der Waals surface area contributed by atoms with Crippen LogP contribution in [0, 0.1) is 0 Å². The fourth-order valence-corrected chi connectivity index (χ4v) is 0.572. The van der Waals surface area contributed by atoms with E-state index in [0.717, 1.165) is 4.68 Å². The second-order valence-electron chi connectivity index (χ2n) is 1.70. The lowest BCUT2D eigenvalue weighted by Gasteiger charge is -1.83. The van der Waals surface area contributed by atoms with Crippen LogP contribution in [-0.4, -0.2) is 5.71 Å². The first-order valence-corrected chi connectivity index (χ1v) is 2.77. The van der Waals surface area contributed by atoms with Crippen molar-refractivity contribution in [3.05, 3.63) is 30.6 Å². The van der Waals surface area contributed by atoms with Crippen LogP contribution in [0.4, 0.5) is 0 Å². The summed E-state index contributed by atoms with van der Waals surface area (Å²) in [6, 6.07) is 4.97. The molecule has 52 valence electrons. The fourth-order valence-electron chi connectivity index (χ4n) is 0.572. The lowest BCUT2D eigenvalue weighted by molar-refractivity contribution is -0.678. The Morgan fingerprint density at radius 2 is 2.00 bits per heavy atom. The molecule has 2 heteroatoms. The summed E-state index contributed by atoms with van der Waals surface area (Å²) in [5.74, 6) is 0. The zero-order valence-corrected chi connectivity index (χ0v) is 5.28. The minimum absolute atomic E-state index is 0.795. The highest BCUT2D eigenvalue weighted by molar-refractivity contribution is 5.78. The number of hydrogen-bond acceptors (Lipinski definition) is 1. The maximum Gasteiger partial charge on any atom is 0.202 e. The van der Waals surface area contributed by atoms with E-state index in [-0.39, 0.29) is 0 Å². The predicted octanol–water partition coefficient (Wildman–Crippen LogP) is 1.22. The van der Waals surface area contributed by atoms with Crippen LogP contribution in [0.1, 0.15) is 21.9 Å². The van der Waals surface area contributed by atoms with Crippen molar-refractivity contribution in [3.63, 3.8) is 0 Å². The van der Waals surface area contributed by atoms with E-state index in [9.17, 15) is 0 Å². The average molecular weight is 141 g/mol. The summed E-state index contributed by atoms with van der Waals surface area (Å²) in [6.45, 7) is -5.46. The van der Waals surface area contributed by atoms with Crippen LogP contribution >= 0.6 is 0 Å². The van der Waals surface area contributed by atoms with E-state index in [1.165, 1.54) is 12.4 Å². The third-order valence-corrected chi connectivity index (χ3v) is 0.915. The van der Waals surface area contributed by atoms with Gasteiger partial charge in [0.1, 0.15) is 0 Å². The van der Waals surface area contributed by atoms with E-state index >= 15 is 0 Å². The maximum absolute atomic E-state index is 7.12. The van der Waals surface area contributed by atoms with Crippen molar-refractivity contribution >= 4 is 5.71 Å². The molecule has 0 spiro atoms. The molecular formula is C8H11N2+. The Kier molecular flexibility index (Phi) is 0.763. The van der Waals surface area contributed by atoms with Gasteiger partial charge in [0.05, 0.1) is 5.71 Å². The van der Waals surface area contributed by atoms with Crippen LogP contribution in [0.5, 0.6) is 0 Å². The largest absolute Gasteiger partial charge is 0.202 e. The summed E-state index contributed by atoms with van der Waals surface area (Å²) in [6.07, 6.45) is 2.94. The molecule has 0 aliphatic rings. The van der Waals surface area contributed by atoms with Crippen LogP contribution in [0.3, 0.4) is 0 Å². The summed E-state index contributed by atoms with van der Waals surface area (Å²) in [5.41, 5.74) is -0.795. The topological polar surface area (TPSA) is 16.2 Å². The summed E-state index contributed by atoms with van der Waals surface area (Å²) >= 11 is 0. The van der Waals surface area contributed by atoms with Crippen molar-refractivity contribution in [2.45, 2.75) is 13.7 Å². The van der Waals surface area contributed by atoms with Gasteiger partial charge >= 0.3 is 0 Å². The molecule has 0 saturated carbocycles. The van der Waals surface area contributed by atoms with E-state index in [2.05, 4.69) is 5.10 Å². The quantitative estimate of drug-likeness (QED) is 0.413. The van der Waals surface area contributed by atoms with Gasteiger partial charge in [0.2, 0.25) is 12.4 Å². The lowest BCUT2D eigenvalue weighted by Crippen LogP contribution is -2.26. The first-order chi connectivity index (χ1) is 7.21. The molecule has 0 radical (unpaired) electrons. The molecule has 0 N–H and O–H groups in total. The van der Waals surface area contributed by atoms with Crippen LogP contribution < -0.4 is 4.68 Å². The molecule has 1 heterocycles. The van der Waals surface area contributed by atoms with Gasteiger partial charge in [-0.2, -0.15) is 0 Å². The molecule has 1 aromatic rings. The molecule has 0 saturated heterocycles. The van der Waals surface area contributed by atoms with E-state index in [1.54, 1.807) is 18.2 Å². The van der Waals surface area contributed by atoms with Gasteiger partial charge in [0, 0.05) is 20.4 Å². The number of nitrogens with zero attached hydrogens (tertiary/aromatic N) is 2. The smallest absolute Gasteiger partial charge is 0.0597 e. The molecule has 1 aromatic heterocycles. The van der Waals surface area contributed by atoms with Gasteiger partial charge in [0.15, 0.2) is 0 Å². The first-order valence-electron chi connectivity index (χ1n) is 5.77. The zero-order valence-electron chi connectivity index (χ0n) is 11.3. The Morgan fingerprint density at radius 3 is 2.60 bits per heavy atom. The first kappa shape index (κ1) is 2.46. The molecule has 0 aromatic carbocycles. The fraction of sp³-hybridized carbons (Fsp3) is 0.250. The summed E-state index contributed by atoms with van der Waals surface area (Å²) < 4.78 is 43.9. The molecule has 0 bridgehead atoms. The second kappa shape index (κ2) is 3.11. The van der Waals surface area contributed by atoms with Gasteiger partial charge in [-0.1, -0.05) is 10.7 Å². The van der Waals surface area contributed by atoms with Crippen molar-refractivity contribution in [1.29, 1.82) is 0 Å². The van der Waals surface area contributed by atoms with Crippen molar-refractivity contribution in [2.75, 3.05) is 0 Å². The average Bonchev–Trinajstić information content (AvgIpc) is 2.12. The Morgan fingerprint density at radius 1 is 1.30 bits per heavy atom. The molecule has 0 aliphatic heterocycles. The molecule has 0 aliphatic carbocycles. The Labute approximate surface area is 69.3 Å². The standard InChI is InChI=1S/C8H11N2/c1-8(2)9-10-6-4-3-5-7-10/h3-7H,1-2H3/q+1/i1D3,2D3. The predicted molar refractivity (Wildman–Crippen MR) is 40.8 cm³/mol. The zero-order chi connectivity index (χ0) is 12.4. The summed E-state index contributed by atoms with van der Waals surface area (Å²) in [5, 5.41) is 3.61. The maximum atomic E-state index is 7.12. The monoisotopic (exact) mass is 141 g/mol. The second-order valence-corrected chi connectivity index (χ2v) is 1.70. The van der Waals surface area contributed by atoms with Gasteiger partial charge in [-0.15, -0.1) is 0 Å². The Hall–Kier alpha value is -1.18. The van der Waals surface area contributed by atoms with Gasteiger partial charge < -0.3 is 0 Å². The van der Waals surface area contributed by atoms with E-state index < -0.39 is 19.4 Å². The van der Waals surface area contributed by atoms with Gasteiger partial charge in [-0.25, -0.2) is 0 Å². The van der Waals surface area contributed by atoms with Crippen LogP contribution in [0.2, 0.25) is 0 Å². The Balaban J connectivity index is 3.19. The van der Waals surface area contributed by atoms with Crippen molar-refractivity contribution in [3.8, 4) is 0 Å². The normalized spacial score (nSPS) is 20.4. The molecular weight excluding hydrogens is 124 g/mol. The van der Waals surface area contributed by atoms with Gasteiger partial charge in [-0.05, 0) is 18.8 Å². The van der Waals surface area contributed by atoms with Crippen molar-refractivity contribution in [1.82, 2.24) is 0 Å². The van der Waals surface area contributed by atoms with Crippen LogP contribution in [-0.2, 0) is 0 Å². The van der Waals surface area contributed by atoms with Crippen LogP contribution in [0.25, 0.3) is 0 Å². The molecule has 0 unspecified atom stereocenters. The lowest BCUT2D eigenvalue weighted by atomic mass is 10.5. The van der Waals surface area contributed by atoms with Crippen molar-refractivity contribution < 1.29 is 12.9 Å². The number of rotatable bonds is 1. The van der Waals surface area contributed by atoms with Gasteiger partial charge in [0.25, 0.3) is 0 Å². The molecule has 0 amide bonds.